The number of hydrogen-bond donors (Lipinski definition) is 1. The maximum atomic E-state index is 11.9. The first kappa shape index (κ1) is 35.6. The predicted octanol–water partition coefficient (Wildman–Crippen LogP) is 5.77. The number of likely N-dealkylation sites (tertiary alicyclic amines) is 2. The summed E-state index contributed by atoms with van der Waals surface area (Å²) in [5, 5.41) is 9.07. The van der Waals surface area contributed by atoms with Gasteiger partial charge in [0.05, 0.1) is 12.8 Å². The average Bonchev–Trinajstić information content (AvgIpc) is 2.95. The van der Waals surface area contributed by atoms with E-state index >= 15 is 0 Å². The van der Waals surface area contributed by atoms with Crippen molar-refractivity contribution < 1.29 is 33.8 Å². The summed E-state index contributed by atoms with van der Waals surface area (Å²) in [5.41, 5.74) is -0.785. The van der Waals surface area contributed by atoms with Crippen LogP contribution in [0.2, 0.25) is 0 Å². The van der Waals surface area contributed by atoms with Crippen molar-refractivity contribution in [3.8, 4) is 0 Å². The van der Waals surface area contributed by atoms with Gasteiger partial charge in [-0.15, -0.1) is 0 Å². The van der Waals surface area contributed by atoms with Gasteiger partial charge in [0.1, 0.15) is 17.0 Å². The minimum Gasteiger partial charge on any atom is -0.515 e. The molecule has 2 fully saturated rings. The zero-order valence-electron chi connectivity index (χ0n) is 22.0. The van der Waals surface area contributed by atoms with Gasteiger partial charge in [-0.05, 0) is 54.4 Å². The number of nitrogens with zero attached hydrogens (tertiary/aromatic N) is 2. The number of carbonyl (C=O) groups excluding carboxylic acids is 4. The van der Waals surface area contributed by atoms with Crippen molar-refractivity contribution in [2.45, 2.75) is 101 Å². The molecule has 2 unspecified atom stereocenters. The maximum Gasteiger partial charge on any atom is 0.410 e. The Morgan fingerprint density at radius 3 is 1.75 bits per heavy atom. The molecule has 0 saturated carbocycles. The molecule has 2 atom stereocenters. The highest BCUT2D eigenvalue weighted by atomic mass is 16.6. The monoisotopic (exact) mass is 514 g/mol. The van der Waals surface area contributed by atoms with Gasteiger partial charge in [-0.1, -0.05) is 28.7 Å². The normalized spacial score (nSPS) is 22.2. The van der Waals surface area contributed by atoms with Gasteiger partial charge in [0, 0.05) is 43.5 Å². The van der Waals surface area contributed by atoms with E-state index in [0.29, 0.717) is 32.5 Å². The lowest BCUT2D eigenvalue weighted by molar-refractivity contribution is -0.122. The number of aliphatic hydroxyl groups excluding tert-OH is 1. The van der Waals surface area contributed by atoms with Gasteiger partial charge in [-0.25, -0.2) is 9.59 Å². The summed E-state index contributed by atoms with van der Waals surface area (Å²) in [4.78, 5) is 50.1. The molecule has 2 saturated heterocycles. The molecular weight excluding hydrogens is 464 g/mol. The minimum absolute atomic E-state index is 0. The molecule has 0 aliphatic carbocycles. The zero-order valence-corrected chi connectivity index (χ0v) is 22.0. The molecule has 0 radical (unpaired) electrons. The zero-order chi connectivity index (χ0) is 26.3. The maximum absolute atomic E-state index is 11.9. The molecule has 1 N–H and O–H groups in total. The van der Waals surface area contributed by atoms with Crippen molar-refractivity contribution in [2.75, 3.05) is 26.2 Å². The van der Waals surface area contributed by atoms with Crippen LogP contribution in [-0.2, 0) is 19.1 Å². The fourth-order valence-electron chi connectivity index (χ4n) is 3.37. The van der Waals surface area contributed by atoms with E-state index < -0.39 is 17.3 Å². The third-order valence-corrected chi connectivity index (χ3v) is 5.43. The van der Waals surface area contributed by atoms with E-state index in [0.717, 1.165) is 12.7 Å². The highest BCUT2D eigenvalue weighted by molar-refractivity contribution is 5.97. The first-order valence-corrected chi connectivity index (χ1v) is 11.9. The highest BCUT2D eigenvalue weighted by Gasteiger charge is 2.30. The van der Waals surface area contributed by atoms with Crippen LogP contribution in [-0.4, -0.2) is 76.0 Å². The second-order valence-electron chi connectivity index (χ2n) is 11.0. The Morgan fingerprint density at radius 2 is 1.28 bits per heavy atom. The summed E-state index contributed by atoms with van der Waals surface area (Å²) >= 11 is 0. The molecule has 2 rings (SSSR count). The molecule has 0 aromatic carbocycles. The second-order valence-corrected chi connectivity index (χ2v) is 11.0. The molecule has 2 aliphatic heterocycles. The average molecular weight is 515 g/mol. The number of carbonyl (C=O) groups is 4. The molecule has 0 spiro atoms. The van der Waals surface area contributed by atoms with Crippen LogP contribution in [0.4, 0.5) is 9.59 Å². The Hall–Kier alpha value is -2.58. The first-order chi connectivity index (χ1) is 15.5. The second kappa shape index (κ2) is 14.9. The van der Waals surface area contributed by atoms with Gasteiger partial charge >= 0.3 is 12.2 Å². The number of rotatable bonds is 0. The van der Waals surface area contributed by atoms with Gasteiger partial charge in [0.2, 0.25) is 0 Å². The third-order valence-electron chi connectivity index (χ3n) is 5.43. The summed E-state index contributed by atoms with van der Waals surface area (Å²) in [6.45, 7) is 16.3. The lowest BCUT2D eigenvalue weighted by Gasteiger charge is -2.26. The van der Waals surface area contributed by atoms with E-state index in [-0.39, 0.29) is 56.5 Å². The molecule has 36 heavy (non-hydrogen) atoms. The van der Waals surface area contributed by atoms with Crippen LogP contribution in [0.15, 0.2) is 11.8 Å². The number of aliphatic hydroxyl groups is 1. The van der Waals surface area contributed by atoms with Crippen molar-refractivity contribution in [1.82, 2.24) is 9.80 Å². The molecule has 9 nitrogen and oxygen atoms in total. The van der Waals surface area contributed by atoms with Gasteiger partial charge in [0.15, 0.2) is 5.78 Å². The summed E-state index contributed by atoms with van der Waals surface area (Å²) in [5.74, 6) is 0.0119. The van der Waals surface area contributed by atoms with Gasteiger partial charge < -0.3 is 24.4 Å². The van der Waals surface area contributed by atoms with E-state index in [4.69, 9.17) is 14.6 Å². The minimum atomic E-state index is -0.567. The summed E-state index contributed by atoms with van der Waals surface area (Å²) in [7, 11) is 0. The molecule has 0 aromatic rings. The summed E-state index contributed by atoms with van der Waals surface area (Å²) in [6.07, 6.45) is 1.79. The highest BCUT2D eigenvalue weighted by Crippen LogP contribution is 2.20. The number of hydrogen-bond acceptors (Lipinski definition) is 7. The van der Waals surface area contributed by atoms with E-state index in [2.05, 4.69) is 0 Å². The number of ketones is 2. The molecule has 0 bridgehead atoms. The van der Waals surface area contributed by atoms with Crippen LogP contribution in [0.25, 0.3) is 0 Å². The van der Waals surface area contributed by atoms with Crippen molar-refractivity contribution in [2.24, 2.45) is 11.8 Å². The van der Waals surface area contributed by atoms with Crippen molar-refractivity contribution >= 4 is 23.8 Å². The number of ether oxygens (including phenoxy) is 2. The number of amides is 2. The SMILES string of the molecule is C.C.CC1CCN(C(=O)OC(C)(C)C)C/C(=C\O)C1=O.CC1CCN(C(=O)OC(C)(C)C)CCC1=O. The molecule has 2 heterocycles. The third kappa shape index (κ3) is 12.4. The van der Waals surface area contributed by atoms with E-state index in [1.807, 2.05) is 27.7 Å². The van der Waals surface area contributed by atoms with Crippen molar-refractivity contribution in [1.29, 1.82) is 0 Å². The molecule has 2 amide bonds. The predicted molar refractivity (Wildman–Crippen MR) is 142 cm³/mol. The van der Waals surface area contributed by atoms with Crippen molar-refractivity contribution in [3.05, 3.63) is 11.8 Å². The Morgan fingerprint density at radius 1 is 0.833 bits per heavy atom. The molecule has 2 aliphatic rings. The van der Waals surface area contributed by atoms with Crippen LogP contribution in [0.5, 0.6) is 0 Å². The fraction of sp³-hybridized carbons (Fsp3) is 0.778. The Balaban J connectivity index is 0. The smallest absolute Gasteiger partial charge is 0.410 e. The number of Topliss-reactive ketones (excluding diaryl/α,β-unsaturated/α-hetero) is 2. The van der Waals surface area contributed by atoms with Crippen LogP contribution >= 0.6 is 0 Å². The van der Waals surface area contributed by atoms with E-state index in [9.17, 15) is 19.2 Å². The molecular formula is C27H50N2O7. The van der Waals surface area contributed by atoms with E-state index in [1.54, 1.807) is 32.6 Å². The van der Waals surface area contributed by atoms with Gasteiger partial charge in [0.25, 0.3) is 0 Å². The summed E-state index contributed by atoms with van der Waals surface area (Å²) in [6, 6.07) is 0. The Bertz CT molecular complexity index is 778. The summed E-state index contributed by atoms with van der Waals surface area (Å²) < 4.78 is 10.5. The molecule has 210 valence electrons. The van der Waals surface area contributed by atoms with Crippen LogP contribution in [0.1, 0.15) is 89.5 Å². The first-order valence-electron chi connectivity index (χ1n) is 11.9. The van der Waals surface area contributed by atoms with Gasteiger partial charge in [-0.2, -0.15) is 0 Å². The van der Waals surface area contributed by atoms with E-state index in [1.165, 1.54) is 4.90 Å². The Labute approximate surface area is 218 Å². The standard InChI is InChI=1S/C13H21NO4.C12H21NO3.2CH4/c1-9-5-6-14(7-10(8-15)11(9)16)12(17)18-13(2,3)4;1-9-5-7-13(8-6-10(9)14)11(15)16-12(2,3)4;;/h8-9,15H,5-7H2,1-4H3;9H,5-8H2,1-4H3;2*1H4/b10-8+;;;. The quantitative estimate of drug-likeness (QED) is 0.322. The van der Waals surface area contributed by atoms with Crippen LogP contribution in [0, 0.1) is 11.8 Å². The van der Waals surface area contributed by atoms with Gasteiger partial charge in [-0.3, -0.25) is 9.59 Å². The van der Waals surface area contributed by atoms with Crippen molar-refractivity contribution in [3.63, 3.8) is 0 Å². The molecule has 9 heteroatoms. The topological polar surface area (TPSA) is 113 Å². The van der Waals surface area contributed by atoms with Crippen LogP contribution in [0.3, 0.4) is 0 Å². The molecule has 0 aromatic heterocycles. The lowest BCUT2D eigenvalue weighted by Crippen LogP contribution is -2.38. The Kier molecular flexibility index (Phi) is 14.7. The lowest BCUT2D eigenvalue weighted by atomic mass is 9.99. The fourth-order valence-corrected chi connectivity index (χ4v) is 3.37. The largest absolute Gasteiger partial charge is 0.515 e. The van der Waals surface area contributed by atoms with Crippen LogP contribution < -0.4 is 0 Å².